The first-order valence-electron chi connectivity index (χ1n) is 4.70. The standard InChI is InChI=1S/C10H10ClFN2O3/c11-6-2-1-3-7(8(6)12)14-10(17)9(16)13-4-5-15/h1-3,15H,4-5H2,(H,13,16)(H,14,17). The van der Waals surface area contributed by atoms with Crippen molar-refractivity contribution >= 4 is 29.1 Å². The zero-order valence-corrected chi connectivity index (χ0v) is 9.42. The summed E-state index contributed by atoms with van der Waals surface area (Å²) in [4.78, 5) is 22.4. The van der Waals surface area contributed by atoms with Crippen LogP contribution in [0.1, 0.15) is 0 Å². The predicted octanol–water partition coefficient (Wildman–Crippen LogP) is 0.526. The largest absolute Gasteiger partial charge is 0.395 e. The predicted molar refractivity (Wildman–Crippen MR) is 60.1 cm³/mol. The summed E-state index contributed by atoms with van der Waals surface area (Å²) < 4.78 is 13.4. The van der Waals surface area contributed by atoms with Crippen LogP contribution in [0.3, 0.4) is 0 Å². The summed E-state index contributed by atoms with van der Waals surface area (Å²) in [5.74, 6) is -2.80. The summed E-state index contributed by atoms with van der Waals surface area (Å²) in [6.45, 7) is -0.338. The van der Waals surface area contributed by atoms with Gasteiger partial charge in [0.2, 0.25) is 0 Å². The highest BCUT2D eigenvalue weighted by molar-refractivity contribution is 6.39. The van der Waals surface area contributed by atoms with Crippen molar-refractivity contribution in [2.24, 2.45) is 0 Å². The molecule has 0 fully saturated rings. The molecule has 17 heavy (non-hydrogen) atoms. The highest BCUT2D eigenvalue weighted by Gasteiger charge is 2.15. The summed E-state index contributed by atoms with van der Waals surface area (Å²) in [6, 6.07) is 4.03. The lowest BCUT2D eigenvalue weighted by Gasteiger charge is -2.06. The number of rotatable bonds is 3. The Bertz CT molecular complexity index is 440. The van der Waals surface area contributed by atoms with Crippen molar-refractivity contribution in [3.8, 4) is 0 Å². The molecular formula is C10H10ClFN2O3. The molecule has 92 valence electrons. The van der Waals surface area contributed by atoms with Crippen LogP contribution in [0.4, 0.5) is 10.1 Å². The first-order chi connectivity index (χ1) is 8.06. The second-order valence-corrected chi connectivity index (χ2v) is 3.44. The molecule has 0 aromatic heterocycles. The maximum atomic E-state index is 13.4. The smallest absolute Gasteiger partial charge is 0.313 e. The monoisotopic (exact) mass is 260 g/mol. The van der Waals surface area contributed by atoms with Crippen LogP contribution in [0.25, 0.3) is 0 Å². The molecule has 1 aromatic carbocycles. The first-order valence-corrected chi connectivity index (χ1v) is 5.08. The van der Waals surface area contributed by atoms with Crippen molar-refractivity contribution in [3.63, 3.8) is 0 Å². The van der Waals surface area contributed by atoms with Crippen LogP contribution in [-0.2, 0) is 9.59 Å². The summed E-state index contributed by atoms with van der Waals surface area (Å²) in [5.41, 5.74) is -0.179. The van der Waals surface area contributed by atoms with Gasteiger partial charge < -0.3 is 15.7 Å². The van der Waals surface area contributed by atoms with E-state index in [9.17, 15) is 14.0 Å². The minimum atomic E-state index is -1.03. The van der Waals surface area contributed by atoms with Crippen molar-refractivity contribution in [1.29, 1.82) is 0 Å². The van der Waals surface area contributed by atoms with Crippen LogP contribution in [0, 0.1) is 5.82 Å². The molecule has 0 aliphatic heterocycles. The van der Waals surface area contributed by atoms with E-state index in [0.29, 0.717) is 0 Å². The van der Waals surface area contributed by atoms with Gasteiger partial charge in [0.25, 0.3) is 0 Å². The molecule has 0 bridgehead atoms. The fraction of sp³-hybridized carbons (Fsp3) is 0.200. The molecule has 3 N–H and O–H groups in total. The van der Waals surface area contributed by atoms with Crippen LogP contribution in [0.2, 0.25) is 5.02 Å². The maximum Gasteiger partial charge on any atom is 0.313 e. The number of anilines is 1. The fourth-order valence-corrected chi connectivity index (χ4v) is 1.20. The molecule has 7 heteroatoms. The van der Waals surface area contributed by atoms with E-state index in [1.165, 1.54) is 18.2 Å². The van der Waals surface area contributed by atoms with Crippen LogP contribution >= 0.6 is 11.6 Å². The van der Waals surface area contributed by atoms with E-state index in [1.54, 1.807) is 0 Å². The number of carbonyl (C=O) groups excluding carboxylic acids is 2. The van der Waals surface area contributed by atoms with E-state index in [2.05, 4.69) is 10.6 Å². The number of halogens is 2. The van der Waals surface area contributed by atoms with Gasteiger partial charge in [-0.05, 0) is 12.1 Å². The molecule has 0 heterocycles. The molecule has 0 aliphatic carbocycles. The number of hydrogen-bond donors (Lipinski definition) is 3. The average molecular weight is 261 g/mol. The summed E-state index contributed by atoms with van der Waals surface area (Å²) in [5, 5.41) is 12.5. The van der Waals surface area contributed by atoms with E-state index in [4.69, 9.17) is 16.7 Å². The van der Waals surface area contributed by atoms with Crippen molar-refractivity contribution < 1.29 is 19.1 Å². The molecule has 0 aliphatic rings. The van der Waals surface area contributed by atoms with Gasteiger partial charge in [0.1, 0.15) is 0 Å². The first kappa shape index (κ1) is 13.4. The van der Waals surface area contributed by atoms with Crippen molar-refractivity contribution in [2.75, 3.05) is 18.5 Å². The van der Waals surface area contributed by atoms with Gasteiger partial charge >= 0.3 is 11.8 Å². The summed E-state index contributed by atoms with van der Waals surface area (Å²) in [6.07, 6.45) is 0. The van der Waals surface area contributed by atoms with E-state index in [0.717, 1.165) is 0 Å². The highest BCUT2D eigenvalue weighted by atomic mass is 35.5. The van der Waals surface area contributed by atoms with Gasteiger partial charge in [-0.25, -0.2) is 4.39 Å². The van der Waals surface area contributed by atoms with Gasteiger partial charge in [-0.1, -0.05) is 17.7 Å². The molecule has 5 nitrogen and oxygen atoms in total. The van der Waals surface area contributed by atoms with Crippen LogP contribution in [0.15, 0.2) is 18.2 Å². The molecule has 0 saturated heterocycles. The molecule has 0 unspecified atom stereocenters. The van der Waals surface area contributed by atoms with E-state index in [-0.39, 0.29) is 23.9 Å². The molecule has 1 aromatic rings. The Labute approximate surface area is 102 Å². The average Bonchev–Trinajstić information content (AvgIpc) is 2.31. The van der Waals surface area contributed by atoms with Crippen molar-refractivity contribution in [1.82, 2.24) is 5.32 Å². The SMILES string of the molecule is O=C(NCCO)C(=O)Nc1cccc(Cl)c1F. The zero-order chi connectivity index (χ0) is 12.8. The third kappa shape index (κ3) is 3.69. The van der Waals surface area contributed by atoms with Gasteiger partial charge in [-0.3, -0.25) is 9.59 Å². The number of amides is 2. The number of nitrogens with one attached hydrogen (secondary N) is 2. The van der Waals surface area contributed by atoms with Crippen molar-refractivity contribution in [2.45, 2.75) is 0 Å². The molecule has 0 saturated carbocycles. The quantitative estimate of drug-likeness (QED) is 0.694. The van der Waals surface area contributed by atoms with E-state index < -0.39 is 17.6 Å². The summed E-state index contributed by atoms with van der Waals surface area (Å²) in [7, 11) is 0. The lowest BCUT2D eigenvalue weighted by molar-refractivity contribution is -0.136. The number of aliphatic hydroxyl groups is 1. The molecule has 1 rings (SSSR count). The van der Waals surface area contributed by atoms with Crippen LogP contribution in [-0.4, -0.2) is 30.1 Å². The van der Waals surface area contributed by atoms with E-state index in [1.807, 2.05) is 0 Å². The van der Waals surface area contributed by atoms with Gasteiger partial charge in [0.05, 0.1) is 17.3 Å². The second kappa shape index (κ2) is 6.17. The molecule has 0 spiro atoms. The Balaban J connectivity index is 2.68. The molecule has 0 radical (unpaired) electrons. The minimum absolute atomic E-state index is 0.0513. The lowest BCUT2D eigenvalue weighted by Crippen LogP contribution is -2.37. The Kier molecular flexibility index (Phi) is 4.86. The zero-order valence-electron chi connectivity index (χ0n) is 8.67. The Morgan fingerprint density at radius 3 is 2.71 bits per heavy atom. The molecule has 0 atom stereocenters. The van der Waals surface area contributed by atoms with Gasteiger partial charge in [0, 0.05) is 6.54 Å². The normalized spacial score (nSPS) is 9.82. The third-order valence-electron chi connectivity index (χ3n) is 1.80. The van der Waals surface area contributed by atoms with Gasteiger partial charge in [0.15, 0.2) is 5.82 Å². The van der Waals surface area contributed by atoms with E-state index >= 15 is 0 Å². The minimum Gasteiger partial charge on any atom is -0.395 e. The van der Waals surface area contributed by atoms with Crippen LogP contribution < -0.4 is 10.6 Å². The van der Waals surface area contributed by atoms with Crippen molar-refractivity contribution in [3.05, 3.63) is 29.0 Å². The molecular weight excluding hydrogens is 251 g/mol. The topological polar surface area (TPSA) is 78.4 Å². The molecule has 2 amide bonds. The third-order valence-corrected chi connectivity index (χ3v) is 2.10. The second-order valence-electron chi connectivity index (χ2n) is 3.04. The van der Waals surface area contributed by atoms with Gasteiger partial charge in [-0.2, -0.15) is 0 Å². The van der Waals surface area contributed by atoms with Crippen LogP contribution in [0.5, 0.6) is 0 Å². The Morgan fingerprint density at radius 2 is 2.06 bits per heavy atom. The maximum absolute atomic E-state index is 13.4. The number of benzene rings is 1. The highest BCUT2D eigenvalue weighted by Crippen LogP contribution is 2.21. The number of carbonyl (C=O) groups is 2. The Morgan fingerprint density at radius 1 is 1.35 bits per heavy atom. The fourth-order valence-electron chi connectivity index (χ4n) is 1.03. The number of hydrogen-bond acceptors (Lipinski definition) is 3. The Hall–Kier alpha value is -1.66. The number of aliphatic hydroxyl groups excluding tert-OH is 1. The van der Waals surface area contributed by atoms with Gasteiger partial charge in [-0.15, -0.1) is 0 Å². The summed E-state index contributed by atoms with van der Waals surface area (Å²) >= 11 is 5.50. The lowest BCUT2D eigenvalue weighted by atomic mass is 10.3.